The summed E-state index contributed by atoms with van der Waals surface area (Å²) >= 11 is 6.03. The summed E-state index contributed by atoms with van der Waals surface area (Å²) in [5.41, 5.74) is 4.14. The molecule has 0 atom stereocenters. The van der Waals surface area contributed by atoms with Crippen molar-refractivity contribution >= 4 is 23.5 Å². The summed E-state index contributed by atoms with van der Waals surface area (Å²) in [6, 6.07) is 20.9. The first kappa shape index (κ1) is 25.6. The lowest BCUT2D eigenvalue weighted by Gasteiger charge is -2.38. The molecular formula is C32H29ClN2O4. The number of aldehydes is 1. The second kappa shape index (κ2) is 10.8. The van der Waals surface area contributed by atoms with Crippen molar-refractivity contribution in [3.05, 3.63) is 106 Å². The maximum absolute atomic E-state index is 11.2. The van der Waals surface area contributed by atoms with E-state index in [4.69, 9.17) is 20.8 Å². The minimum Gasteiger partial charge on any atom is -0.453 e. The van der Waals surface area contributed by atoms with Crippen molar-refractivity contribution in [1.29, 1.82) is 0 Å². The molecule has 0 radical (unpaired) electrons. The number of carbonyl (C=O) groups excluding carboxylic acids is 1. The molecule has 39 heavy (non-hydrogen) atoms. The smallest absolute Gasteiger partial charge is 0.226 e. The van der Waals surface area contributed by atoms with Gasteiger partial charge in [0.1, 0.15) is 11.5 Å². The van der Waals surface area contributed by atoms with Gasteiger partial charge in [-0.05, 0) is 72.9 Å². The number of nitrogens with zero attached hydrogens (tertiary/aromatic N) is 2. The highest BCUT2D eigenvalue weighted by molar-refractivity contribution is 6.30. The average molecular weight is 541 g/mol. The molecule has 4 aromatic rings. The largest absolute Gasteiger partial charge is 0.453 e. The minimum absolute atomic E-state index is 0.294. The highest BCUT2D eigenvalue weighted by Crippen LogP contribution is 2.42. The van der Waals surface area contributed by atoms with Crippen LogP contribution in [0.4, 0.5) is 0 Å². The van der Waals surface area contributed by atoms with Crippen LogP contribution in [0.1, 0.15) is 46.5 Å². The molecule has 0 spiro atoms. The van der Waals surface area contributed by atoms with Crippen LogP contribution < -0.4 is 4.74 Å². The fourth-order valence-corrected chi connectivity index (χ4v) is 5.67. The van der Waals surface area contributed by atoms with E-state index in [0.717, 1.165) is 59.6 Å². The van der Waals surface area contributed by atoms with E-state index >= 15 is 0 Å². The van der Waals surface area contributed by atoms with Gasteiger partial charge in [-0.25, -0.2) is 4.98 Å². The first-order chi connectivity index (χ1) is 19.0. The van der Waals surface area contributed by atoms with Crippen molar-refractivity contribution in [3.63, 3.8) is 0 Å². The standard InChI is InChI=1S/C32H29ClN2O4/c33-24-10-8-23(9-11-24)32(37)14-18-35(19-15-32)17-3-4-22-20-28-27(30-13-12-25(21-36)38-30)5-1-7-29(28)39-31-26(22)6-2-16-34-31/h1-2,4-13,16,21,37H,3,14-15,17-20H2/b22-4-. The van der Waals surface area contributed by atoms with Gasteiger partial charge in [0.25, 0.3) is 0 Å². The molecule has 2 aliphatic rings. The first-order valence-corrected chi connectivity index (χ1v) is 13.6. The number of pyridine rings is 1. The van der Waals surface area contributed by atoms with E-state index in [1.807, 2.05) is 60.7 Å². The molecule has 198 valence electrons. The Hall–Kier alpha value is -3.71. The van der Waals surface area contributed by atoms with Crippen molar-refractivity contribution in [3.8, 4) is 23.0 Å². The van der Waals surface area contributed by atoms with Gasteiger partial charge in [0.2, 0.25) is 5.88 Å². The third-order valence-electron chi connectivity index (χ3n) is 7.73. The number of hydrogen-bond donors (Lipinski definition) is 1. The summed E-state index contributed by atoms with van der Waals surface area (Å²) in [5, 5.41) is 11.9. The molecule has 0 saturated carbocycles. The fourth-order valence-electron chi connectivity index (χ4n) is 5.54. The molecular weight excluding hydrogens is 512 g/mol. The zero-order chi connectivity index (χ0) is 26.8. The van der Waals surface area contributed by atoms with E-state index in [9.17, 15) is 9.90 Å². The van der Waals surface area contributed by atoms with Crippen LogP contribution in [0, 0.1) is 0 Å². The molecule has 0 aliphatic carbocycles. The van der Waals surface area contributed by atoms with E-state index in [2.05, 4.69) is 16.0 Å². The molecule has 6 nitrogen and oxygen atoms in total. The van der Waals surface area contributed by atoms with Gasteiger partial charge in [0.05, 0.1) is 5.60 Å². The number of hydrogen-bond acceptors (Lipinski definition) is 6. The van der Waals surface area contributed by atoms with Crippen molar-refractivity contribution in [2.24, 2.45) is 0 Å². The van der Waals surface area contributed by atoms with Gasteiger partial charge in [-0.2, -0.15) is 0 Å². The third kappa shape index (κ3) is 5.28. The Kier molecular flexibility index (Phi) is 7.09. The molecule has 1 N–H and O–H groups in total. The van der Waals surface area contributed by atoms with Crippen LogP contribution in [-0.4, -0.2) is 40.9 Å². The SMILES string of the molecule is O=Cc1ccc(-c2cccc3c2C/C(=C/CCN2CCC(O)(c4ccc(Cl)cc4)CC2)c2cccnc2O3)o1. The molecule has 7 heteroatoms. The van der Waals surface area contributed by atoms with E-state index in [1.165, 1.54) is 0 Å². The van der Waals surface area contributed by atoms with E-state index in [1.54, 1.807) is 12.3 Å². The van der Waals surface area contributed by atoms with Crippen molar-refractivity contribution in [2.45, 2.75) is 31.3 Å². The second-order valence-electron chi connectivity index (χ2n) is 10.1. The molecule has 2 aromatic carbocycles. The van der Waals surface area contributed by atoms with Crippen LogP contribution >= 0.6 is 11.6 Å². The predicted octanol–water partition coefficient (Wildman–Crippen LogP) is 6.91. The Balaban J connectivity index is 1.20. The summed E-state index contributed by atoms with van der Waals surface area (Å²) in [6.45, 7) is 2.55. The lowest BCUT2D eigenvalue weighted by molar-refractivity contribution is -0.0254. The Labute approximate surface area is 232 Å². The predicted molar refractivity (Wildman–Crippen MR) is 151 cm³/mol. The summed E-state index contributed by atoms with van der Waals surface area (Å²) in [4.78, 5) is 18.1. The number of allylic oxidation sites excluding steroid dienone is 1. The number of aromatic nitrogens is 1. The zero-order valence-electron chi connectivity index (χ0n) is 21.5. The summed E-state index contributed by atoms with van der Waals surface area (Å²) in [5.74, 6) is 2.25. The summed E-state index contributed by atoms with van der Waals surface area (Å²) in [7, 11) is 0. The monoisotopic (exact) mass is 540 g/mol. The fraction of sp³-hybridized carbons (Fsp3) is 0.250. The number of halogens is 1. The topological polar surface area (TPSA) is 75.8 Å². The molecule has 0 unspecified atom stereocenters. The Morgan fingerprint density at radius 2 is 1.79 bits per heavy atom. The molecule has 2 aromatic heterocycles. The number of aliphatic hydroxyl groups is 1. The van der Waals surface area contributed by atoms with Gasteiger partial charge < -0.3 is 19.2 Å². The van der Waals surface area contributed by atoms with Gasteiger partial charge in [-0.3, -0.25) is 4.79 Å². The van der Waals surface area contributed by atoms with Crippen molar-refractivity contribution < 1.29 is 19.1 Å². The lowest BCUT2D eigenvalue weighted by Crippen LogP contribution is -2.42. The number of fused-ring (bicyclic) bond motifs is 2. The van der Waals surface area contributed by atoms with Crippen molar-refractivity contribution in [2.75, 3.05) is 19.6 Å². The number of ether oxygens (including phenoxy) is 1. The highest BCUT2D eigenvalue weighted by Gasteiger charge is 2.33. The molecule has 0 bridgehead atoms. The van der Waals surface area contributed by atoms with Crippen LogP contribution in [-0.2, 0) is 12.0 Å². The molecule has 6 rings (SSSR count). The van der Waals surface area contributed by atoms with Crippen molar-refractivity contribution in [1.82, 2.24) is 9.88 Å². The number of benzene rings is 2. The third-order valence-corrected chi connectivity index (χ3v) is 7.99. The lowest BCUT2D eigenvalue weighted by atomic mass is 9.84. The number of likely N-dealkylation sites (tertiary alicyclic amines) is 1. The van der Waals surface area contributed by atoms with E-state index in [-0.39, 0.29) is 0 Å². The van der Waals surface area contributed by atoms with Gasteiger partial charge >= 0.3 is 0 Å². The summed E-state index contributed by atoms with van der Waals surface area (Å²) < 4.78 is 12.0. The van der Waals surface area contributed by atoms with Gasteiger partial charge in [0.15, 0.2) is 12.0 Å². The maximum Gasteiger partial charge on any atom is 0.226 e. The number of rotatable bonds is 6. The molecule has 4 heterocycles. The number of piperidine rings is 1. The van der Waals surface area contributed by atoms with E-state index < -0.39 is 5.60 Å². The molecule has 2 aliphatic heterocycles. The minimum atomic E-state index is -0.807. The molecule has 1 fully saturated rings. The Morgan fingerprint density at radius 3 is 2.56 bits per heavy atom. The van der Waals surface area contributed by atoms with Crippen LogP contribution in [0.5, 0.6) is 11.6 Å². The maximum atomic E-state index is 11.2. The van der Waals surface area contributed by atoms with Gasteiger partial charge in [0, 0.05) is 54.0 Å². The second-order valence-corrected chi connectivity index (χ2v) is 10.6. The normalized spacial score (nSPS) is 17.6. The summed E-state index contributed by atoms with van der Waals surface area (Å²) in [6.07, 6.45) is 7.61. The van der Waals surface area contributed by atoms with Crippen LogP contribution in [0.3, 0.4) is 0 Å². The molecule has 1 saturated heterocycles. The van der Waals surface area contributed by atoms with Crippen LogP contribution in [0.25, 0.3) is 16.9 Å². The highest BCUT2D eigenvalue weighted by atomic mass is 35.5. The Morgan fingerprint density at radius 1 is 1.00 bits per heavy atom. The van der Waals surface area contributed by atoms with Crippen LogP contribution in [0.2, 0.25) is 5.02 Å². The van der Waals surface area contributed by atoms with Crippen LogP contribution in [0.15, 0.2) is 83.4 Å². The number of carbonyl (C=O) groups is 1. The average Bonchev–Trinajstić information content (AvgIpc) is 3.38. The first-order valence-electron chi connectivity index (χ1n) is 13.2. The number of furan rings is 1. The molecule has 0 amide bonds. The zero-order valence-corrected chi connectivity index (χ0v) is 22.2. The Bertz CT molecular complexity index is 1520. The van der Waals surface area contributed by atoms with Gasteiger partial charge in [-0.1, -0.05) is 41.9 Å². The quantitative estimate of drug-likeness (QED) is 0.268. The van der Waals surface area contributed by atoms with Gasteiger partial charge in [-0.15, -0.1) is 0 Å². The van der Waals surface area contributed by atoms with E-state index in [0.29, 0.717) is 48.0 Å².